The number of furan rings is 1. The number of unbranched alkanes of at least 4 members (excludes halogenated alkanes) is 8. The molecule has 0 aliphatic heterocycles. The van der Waals surface area contributed by atoms with E-state index in [2.05, 4.69) is 39.8 Å². The molecule has 1 aromatic heterocycles. The summed E-state index contributed by atoms with van der Waals surface area (Å²) in [7, 11) is 1.18. The maximum atomic E-state index is 13.1. The average molecular weight is 956 g/mol. The summed E-state index contributed by atoms with van der Waals surface area (Å²) < 4.78 is 40.6. The Bertz CT molecular complexity index is 1650. The highest BCUT2D eigenvalue weighted by molar-refractivity contribution is 8.00. The number of carbonyl (C=O) groups excluding carboxylic acids is 2. The number of likely N-dealkylation sites (N-methyl/N-ethyl adjacent to an activating group) is 1. The van der Waals surface area contributed by atoms with Crippen molar-refractivity contribution in [2.24, 2.45) is 5.73 Å². The van der Waals surface area contributed by atoms with E-state index in [-0.39, 0.29) is 38.0 Å². The van der Waals surface area contributed by atoms with Gasteiger partial charge in [0.2, 0.25) is 0 Å². The average Bonchev–Trinajstić information content (AvgIpc) is 3.50. The monoisotopic (exact) mass is 956 g/mol. The Morgan fingerprint density at radius 3 is 2.17 bits per heavy atom. The number of hydrogen-bond acceptors (Lipinski definition) is 12. The molecule has 0 saturated heterocycles. The number of phosphoric acid groups is 1. The summed E-state index contributed by atoms with van der Waals surface area (Å²) in [5.41, 5.74) is 8.73. The Hall–Kier alpha value is -3.01. The maximum Gasteiger partial charge on any atom is 0.472 e. The van der Waals surface area contributed by atoms with E-state index in [0.717, 1.165) is 75.7 Å². The van der Waals surface area contributed by atoms with Crippen LogP contribution in [0.2, 0.25) is 0 Å². The fourth-order valence-corrected chi connectivity index (χ4v) is 8.31. The van der Waals surface area contributed by atoms with Crippen LogP contribution < -0.4 is 5.73 Å². The van der Waals surface area contributed by atoms with Gasteiger partial charge in [0.1, 0.15) is 37.3 Å². The Labute approximate surface area is 394 Å². The molecule has 16 heteroatoms. The Kier molecular flexibility index (Phi) is 32.5. The molecule has 14 nitrogen and oxygen atoms in total. The normalized spacial score (nSPS) is 15.2. The number of aryl methyl sites for hydroxylation is 2. The second-order valence-corrected chi connectivity index (χ2v) is 20.2. The molecular formula is C49H84N2O12PS+. The van der Waals surface area contributed by atoms with Crippen LogP contribution in [-0.4, -0.2) is 114 Å². The van der Waals surface area contributed by atoms with Crippen molar-refractivity contribution >= 4 is 37.5 Å². The lowest BCUT2D eigenvalue weighted by atomic mass is 10.0. The van der Waals surface area contributed by atoms with Gasteiger partial charge in [0, 0.05) is 36.7 Å². The first kappa shape index (κ1) is 60.0. The van der Waals surface area contributed by atoms with Crippen LogP contribution in [0, 0.1) is 13.8 Å². The lowest BCUT2D eigenvalue weighted by Crippen LogP contribution is -2.39. The molecule has 1 rings (SSSR count). The molecular weight excluding hydrogens is 872 g/mol. The van der Waals surface area contributed by atoms with E-state index in [4.69, 9.17) is 33.8 Å². The Balaban J connectivity index is 2.78. The van der Waals surface area contributed by atoms with E-state index < -0.39 is 62.4 Å². The summed E-state index contributed by atoms with van der Waals surface area (Å²) >= 11 is 1.22. The molecule has 5 N–H and O–H groups in total. The fourth-order valence-electron chi connectivity index (χ4n) is 6.44. The van der Waals surface area contributed by atoms with Gasteiger partial charge in [-0.2, -0.15) is 0 Å². The van der Waals surface area contributed by atoms with Gasteiger partial charge in [0.25, 0.3) is 0 Å². The summed E-state index contributed by atoms with van der Waals surface area (Å²) in [4.78, 5) is 47.4. The zero-order valence-electron chi connectivity index (χ0n) is 40.6. The van der Waals surface area contributed by atoms with Gasteiger partial charge < -0.3 is 39.2 Å². The molecule has 0 aliphatic rings. The molecule has 0 saturated carbocycles. The number of thioether (sulfide) groups is 1. The molecule has 0 fully saturated rings. The summed E-state index contributed by atoms with van der Waals surface area (Å²) in [5.74, 6) is -0.109. The number of esters is 2. The number of nitrogens with zero attached hydrogens (tertiary/aromatic N) is 1. The number of aliphatic hydroxyl groups excluding tert-OH is 1. The third kappa shape index (κ3) is 30.8. The minimum Gasteiger partial charge on any atom is -0.481 e. The number of carboxylic acids is 1. The topological polar surface area (TPSA) is 205 Å². The zero-order valence-corrected chi connectivity index (χ0v) is 42.3. The predicted octanol–water partition coefficient (Wildman–Crippen LogP) is 9.66. The van der Waals surface area contributed by atoms with E-state index in [1.807, 2.05) is 45.4 Å². The number of aliphatic hydroxyl groups is 1. The quantitative estimate of drug-likeness (QED) is 0.0121. The smallest absolute Gasteiger partial charge is 0.472 e. The summed E-state index contributed by atoms with van der Waals surface area (Å²) in [6.07, 6.45) is 27.9. The van der Waals surface area contributed by atoms with Gasteiger partial charge in [-0.15, -0.1) is 11.8 Å². The van der Waals surface area contributed by atoms with Crippen molar-refractivity contribution in [3.8, 4) is 0 Å². The van der Waals surface area contributed by atoms with E-state index >= 15 is 0 Å². The summed E-state index contributed by atoms with van der Waals surface area (Å²) in [6.45, 7) is 7.92. The molecule has 0 bridgehead atoms. The van der Waals surface area contributed by atoms with Gasteiger partial charge in [-0.1, -0.05) is 101 Å². The minimum absolute atomic E-state index is 0.0486. The highest BCUT2D eigenvalue weighted by Crippen LogP contribution is 2.43. The second kappa shape index (κ2) is 35.2. The largest absolute Gasteiger partial charge is 0.481 e. The van der Waals surface area contributed by atoms with Gasteiger partial charge in [0.15, 0.2) is 6.10 Å². The molecule has 1 heterocycles. The van der Waals surface area contributed by atoms with Gasteiger partial charge in [-0.05, 0) is 76.3 Å². The van der Waals surface area contributed by atoms with Crippen molar-refractivity contribution in [1.82, 2.24) is 0 Å². The van der Waals surface area contributed by atoms with Crippen LogP contribution in [0.5, 0.6) is 0 Å². The summed E-state index contributed by atoms with van der Waals surface area (Å²) in [5, 5.41) is 19.5. The van der Waals surface area contributed by atoms with Crippen molar-refractivity contribution in [2.45, 2.75) is 167 Å². The minimum atomic E-state index is -4.53. The number of nitrogens with two attached hydrogens (primary N) is 1. The third-order valence-electron chi connectivity index (χ3n) is 10.5. The second-order valence-electron chi connectivity index (χ2n) is 17.6. The lowest BCUT2D eigenvalue weighted by molar-refractivity contribution is -0.870. The number of aliphatic carboxylic acids is 1. The number of carbonyl (C=O) groups is 3. The molecule has 0 aromatic carbocycles. The predicted molar refractivity (Wildman–Crippen MR) is 261 cm³/mol. The Morgan fingerprint density at radius 1 is 0.815 bits per heavy atom. The number of carboxylic acid groups (broad SMARTS) is 1. The van der Waals surface area contributed by atoms with Crippen molar-refractivity contribution in [1.29, 1.82) is 0 Å². The molecule has 1 unspecified atom stereocenters. The first-order chi connectivity index (χ1) is 30.9. The standard InChI is InChI=1S/C49H83N2O12PS/c1-8-10-11-12-13-14-15-16-17-18-22-25-31-46(43(52)29-27-32-47(53)54)65-38-42(50)49(56)59-36-41(37-61-64(57,58)60-35-34-51(5,6)7)62-48(55)33-26-23-20-19-21-24-30-45-40(4)39(3)44(63-45)28-9-2/h13-14,16-18,22,25,31,41-43,46,52H,8-12,15,19-21,23-24,26-30,32-38,50H2,1-7H3,(H-,53,54,57,58)/p+1/b14-13-,17-16-,22-18+,31-25+/t41-,42+,43+,46-/m1/s1. The van der Waals surface area contributed by atoms with Crippen molar-refractivity contribution in [3.63, 3.8) is 0 Å². The molecule has 372 valence electrons. The number of rotatable bonds is 39. The van der Waals surface area contributed by atoms with Crippen LogP contribution in [0.4, 0.5) is 0 Å². The highest BCUT2D eigenvalue weighted by Gasteiger charge is 2.28. The number of ether oxygens (including phenoxy) is 2. The van der Waals surface area contributed by atoms with Crippen molar-refractivity contribution < 1.29 is 61.5 Å². The van der Waals surface area contributed by atoms with Crippen LogP contribution >= 0.6 is 19.6 Å². The van der Waals surface area contributed by atoms with Crippen molar-refractivity contribution in [2.75, 3.05) is 53.3 Å². The number of hydrogen-bond donors (Lipinski definition) is 4. The van der Waals surface area contributed by atoms with Crippen LogP contribution in [-0.2, 0) is 50.3 Å². The van der Waals surface area contributed by atoms with E-state index in [1.54, 1.807) is 12.2 Å². The maximum absolute atomic E-state index is 13.1. The summed E-state index contributed by atoms with van der Waals surface area (Å²) in [6, 6.07) is -1.14. The van der Waals surface area contributed by atoms with E-state index in [9.17, 15) is 28.9 Å². The van der Waals surface area contributed by atoms with Gasteiger partial charge in [-0.25, -0.2) is 4.57 Å². The number of allylic oxidation sites excluding steroid dienone is 7. The molecule has 65 heavy (non-hydrogen) atoms. The molecule has 1 aromatic rings. The van der Waals surface area contributed by atoms with Gasteiger partial charge in [-0.3, -0.25) is 23.4 Å². The van der Waals surface area contributed by atoms with Gasteiger partial charge in [0.05, 0.1) is 33.9 Å². The highest BCUT2D eigenvalue weighted by atomic mass is 32.2. The van der Waals surface area contributed by atoms with Crippen LogP contribution in [0.1, 0.15) is 139 Å². The van der Waals surface area contributed by atoms with Crippen molar-refractivity contribution in [3.05, 3.63) is 71.3 Å². The van der Waals surface area contributed by atoms with Crippen LogP contribution in [0.3, 0.4) is 0 Å². The third-order valence-corrected chi connectivity index (χ3v) is 12.9. The van der Waals surface area contributed by atoms with Crippen LogP contribution in [0.25, 0.3) is 0 Å². The first-order valence-corrected chi connectivity index (χ1v) is 26.2. The molecule has 0 aliphatic carbocycles. The van der Waals surface area contributed by atoms with E-state index in [0.29, 0.717) is 17.4 Å². The fraction of sp³-hybridized carbons (Fsp3) is 0.694. The zero-order chi connectivity index (χ0) is 48.5. The van der Waals surface area contributed by atoms with Gasteiger partial charge >= 0.3 is 25.7 Å². The first-order valence-electron chi connectivity index (χ1n) is 23.7. The Morgan fingerprint density at radius 2 is 1.49 bits per heavy atom. The number of quaternary nitrogens is 1. The number of phosphoric ester groups is 1. The van der Waals surface area contributed by atoms with E-state index in [1.165, 1.54) is 42.2 Å². The molecule has 0 amide bonds. The van der Waals surface area contributed by atoms with Crippen LogP contribution in [0.15, 0.2) is 53.0 Å². The molecule has 5 atom stereocenters. The lowest BCUT2D eigenvalue weighted by Gasteiger charge is -2.24. The SMILES string of the molecule is CCCCC/C=C\C\C=C/C=C/C=C/[C@@H](SC[C@H](N)C(=O)OC[C@H](COP(=O)(O)OCC[N+](C)(C)C)OC(=O)CCCCCCCCc1oc(CCC)c(C)c1C)[C@@H](O)CCCC(=O)O. The molecule has 0 radical (unpaired) electrons. The molecule has 0 spiro atoms.